The standard InChI is InChI=1S/C22H22NO4P/c1-3-9-16-10-8-13-19(20(16)27-18-11-6-5-7-12-18)28(26)22(21(24)25)15-14-17(4-2)23(22)28/h3-8,10-13,17H,1-2,9,14-15H2,(H,24,25)/t17-,22-,23?,28+/m0/s1. The Morgan fingerprint density at radius 1 is 1.25 bits per heavy atom. The van der Waals surface area contributed by atoms with Crippen LogP contribution in [0.25, 0.3) is 0 Å². The van der Waals surface area contributed by atoms with Crippen molar-refractivity contribution in [1.82, 2.24) is 4.67 Å². The Balaban J connectivity index is 1.87. The Morgan fingerprint density at radius 3 is 2.64 bits per heavy atom. The molecular formula is C22H22NO4P. The highest BCUT2D eigenvalue weighted by Gasteiger charge is 2.83. The van der Waals surface area contributed by atoms with Gasteiger partial charge in [0.05, 0.1) is 5.30 Å². The Morgan fingerprint density at radius 2 is 2.00 bits per heavy atom. The predicted octanol–water partition coefficient (Wildman–Crippen LogP) is 4.56. The average molecular weight is 395 g/mol. The van der Waals surface area contributed by atoms with Crippen LogP contribution in [0.3, 0.4) is 0 Å². The topological polar surface area (TPSA) is 66.6 Å². The summed E-state index contributed by atoms with van der Waals surface area (Å²) in [4.78, 5) is 12.2. The second-order valence-electron chi connectivity index (χ2n) is 7.06. The summed E-state index contributed by atoms with van der Waals surface area (Å²) in [5.41, 5.74) is 0.827. The number of carbonyl (C=O) groups is 1. The summed E-state index contributed by atoms with van der Waals surface area (Å²) < 4.78 is 22.0. The molecule has 6 heteroatoms. The maximum absolute atomic E-state index is 14.2. The van der Waals surface area contributed by atoms with Crippen LogP contribution in [0.15, 0.2) is 73.8 Å². The molecule has 1 N–H and O–H groups in total. The zero-order valence-corrected chi connectivity index (χ0v) is 16.3. The first-order chi connectivity index (χ1) is 13.5. The van der Waals surface area contributed by atoms with Crippen molar-refractivity contribution >= 4 is 18.6 Å². The molecule has 1 unspecified atom stereocenters. The van der Waals surface area contributed by atoms with E-state index in [9.17, 15) is 14.5 Å². The summed E-state index contributed by atoms with van der Waals surface area (Å²) in [7, 11) is -3.36. The number of carboxylic acids is 1. The summed E-state index contributed by atoms with van der Waals surface area (Å²) in [5, 5.41) is 9.08. The summed E-state index contributed by atoms with van der Waals surface area (Å²) in [6, 6.07) is 14.4. The van der Waals surface area contributed by atoms with Crippen LogP contribution in [0.4, 0.5) is 0 Å². The molecule has 0 saturated carbocycles. The molecule has 0 radical (unpaired) electrons. The quantitative estimate of drug-likeness (QED) is 0.423. The van der Waals surface area contributed by atoms with Gasteiger partial charge >= 0.3 is 5.97 Å². The van der Waals surface area contributed by atoms with Crippen LogP contribution < -0.4 is 10.0 Å². The predicted molar refractivity (Wildman–Crippen MR) is 110 cm³/mol. The number of carboxylic acid groups (broad SMARTS) is 1. The molecule has 0 aliphatic carbocycles. The molecule has 2 saturated heterocycles. The highest BCUT2D eigenvalue weighted by molar-refractivity contribution is 7.78. The van der Waals surface area contributed by atoms with Crippen LogP contribution in [0.2, 0.25) is 0 Å². The van der Waals surface area contributed by atoms with E-state index in [1.54, 1.807) is 29.0 Å². The fraction of sp³-hybridized carbons (Fsp3) is 0.227. The Bertz CT molecular complexity index is 1000. The first-order valence-corrected chi connectivity index (χ1v) is 10.9. The molecule has 5 nitrogen and oxygen atoms in total. The SMILES string of the molecule is C=CCc1cccc([P@]2(=O)N3[C@@H](C=C)CC[C@]32C(=O)O)c1Oc1ccccc1. The van der Waals surface area contributed by atoms with Crippen molar-refractivity contribution < 1.29 is 19.2 Å². The Kier molecular flexibility index (Phi) is 4.53. The van der Waals surface area contributed by atoms with Crippen molar-refractivity contribution in [2.75, 3.05) is 0 Å². The number of para-hydroxylation sites is 2. The minimum atomic E-state index is -3.36. The highest BCUT2D eigenvalue weighted by atomic mass is 31.2. The van der Waals surface area contributed by atoms with Gasteiger partial charge in [-0.25, -0.2) is 9.46 Å². The van der Waals surface area contributed by atoms with E-state index in [1.807, 2.05) is 36.4 Å². The van der Waals surface area contributed by atoms with Crippen molar-refractivity contribution in [3.05, 3.63) is 79.4 Å². The Hall–Kier alpha value is -2.62. The molecule has 0 spiro atoms. The molecule has 2 aliphatic rings. The first kappa shape index (κ1) is 18.7. The van der Waals surface area contributed by atoms with Gasteiger partial charge in [-0.15, -0.1) is 13.2 Å². The van der Waals surface area contributed by atoms with Gasteiger partial charge in [-0.1, -0.05) is 42.5 Å². The number of rotatable bonds is 7. The first-order valence-electron chi connectivity index (χ1n) is 9.23. The molecule has 28 heavy (non-hydrogen) atoms. The maximum atomic E-state index is 14.2. The molecular weight excluding hydrogens is 373 g/mol. The third-order valence-corrected chi connectivity index (χ3v) is 9.29. The number of nitrogens with zero attached hydrogens (tertiary/aromatic N) is 1. The van der Waals surface area contributed by atoms with E-state index >= 15 is 0 Å². The van der Waals surface area contributed by atoms with Crippen LogP contribution in [0.5, 0.6) is 11.5 Å². The van der Waals surface area contributed by atoms with E-state index in [0.29, 0.717) is 36.1 Å². The van der Waals surface area contributed by atoms with E-state index < -0.39 is 18.5 Å². The lowest BCUT2D eigenvalue weighted by atomic mass is 10.1. The zero-order chi connectivity index (χ0) is 19.9. The van der Waals surface area contributed by atoms with Gasteiger partial charge in [0.2, 0.25) is 7.29 Å². The van der Waals surface area contributed by atoms with E-state index in [-0.39, 0.29) is 6.04 Å². The lowest BCUT2D eigenvalue weighted by molar-refractivity contribution is -0.140. The van der Waals surface area contributed by atoms with Gasteiger partial charge in [-0.2, -0.15) is 0 Å². The van der Waals surface area contributed by atoms with Crippen molar-refractivity contribution in [1.29, 1.82) is 0 Å². The van der Waals surface area contributed by atoms with E-state index in [1.165, 1.54) is 0 Å². The number of hydrogen-bond donors (Lipinski definition) is 1. The van der Waals surface area contributed by atoms with Crippen LogP contribution in [0.1, 0.15) is 18.4 Å². The molecule has 4 rings (SSSR count). The van der Waals surface area contributed by atoms with Crippen LogP contribution in [-0.2, 0) is 15.8 Å². The fourth-order valence-corrected chi connectivity index (χ4v) is 8.29. The molecule has 2 aromatic carbocycles. The number of fused-ring (bicyclic) bond motifs is 1. The smallest absolute Gasteiger partial charge is 0.333 e. The van der Waals surface area contributed by atoms with Crippen molar-refractivity contribution in [2.24, 2.45) is 0 Å². The molecule has 2 heterocycles. The molecule has 144 valence electrons. The minimum Gasteiger partial charge on any atom is -0.479 e. The minimum absolute atomic E-state index is 0.213. The number of benzene rings is 2. The van der Waals surface area contributed by atoms with Gasteiger partial charge in [0.1, 0.15) is 11.5 Å². The maximum Gasteiger partial charge on any atom is 0.333 e. The number of allylic oxidation sites excluding steroid dienone is 1. The summed E-state index contributed by atoms with van der Waals surface area (Å²) in [6.07, 6.45) is 4.95. The molecule has 0 bridgehead atoms. The van der Waals surface area contributed by atoms with E-state index in [0.717, 1.165) is 5.56 Å². The highest BCUT2D eigenvalue weighted by Crippen LogP contribution is 2.85. The summed E-state index contributed by atoms with van der Waals surface area (Å²) >= 11 is 0. The fourth-order valence-electron chi connectivity index (χ4n) is 4.30. The van der Waals surface area contributed by atoms with Gasteiger partial charge in [-0.05, 0) is 43.0 Å². The molecule has 0 amide bonds. The third kappa shape index (κ3) is 2.43. The molecule has 2 fully saturated rings. The van der Waals surface area contributed by atoms with Gasteiger partial charge in [-0.3, -0.25) is 4.57 Å². The monoisotopic (exact) mass is 395 g/mol. The van der Waals surface area contributed by atoms with Gasteiger partial charge < -0.3 is 9.84 Å². The normalized spacial score (nSPS) is 30.3. The summed E-state index contributed by atoms with van der Waals surface area (Å²) in [6.45, 7) is 7.60. The van der Waals surface area contributed by atoms with Gasteiger partial charge in [0.25, 0.3) is 0 Å². The van der Waals surface area contributed by atoms with Crippen LogP contribution in [-0.4, -0.2) is 27.1 Å². The summed E-state index contributed by atoms with van der Waals surface area (Å²) in [5.74, 6) is 0.0354. The van der Waals surface area contributed by atoms with E-state index in [4.69, 9.17) is 4.74 Å². The molecule has 2 aromatic rings. The van der Waals surface area contributed by atoms with Crippen molar-refractivity contribution in [2.45, 2.75) is 30.6 Å². The third-order valence-electron chi connectivity index (χ3n) is 5.59. The largest absolute Gasteiger partial charge is 0.479 e. The number of ether oxygens (including phenoxy) is 1. The lowest BCUT2D eigenvalue weighted by Crippen LogP contribution is -2.25. The molecule has 2 aliphatic heterocycles. The van der Waals surface area contributed by atoms with Gasteiger partial charge in [0, 0.05) is 6.04 Å². The Labute approximate surface area is 164 Å². The van der Waals surface area contributed by atoms with Crippen LogP contribution >= 0.6 is 7.29 Å². The lowest BCUT2D eigenvalue weighted by Gasteiger charge is -2.18. The second-order valence-corrected chi connectivity index (χ2v) is 9.86. The average Bonchev–Trinajstić information content (AvgIpc) is 3.04. The van der Waals surface area contributed by atoms with Crippen LogP contribution in [0, 0.1) is 0 Å². The van der Waals surface area contributed by atoms with Gasteiger partial charge in [0.15, 0.2) is 5.28 Å². The number of aliphatic carboxylic acids is 1. The van der Waals surface area contributed by atoms with Crippen molar-refractivity contribution in [3.8, 4) is 11.5 Å². The van der Waals surface area contributed by atoms with Crippen molar-refractivity contribution in [3.63, 3.8) is 0 Å². The zero-order valence-electron chi connectivity index (χ0n) is 15.5. The second kappa shape index (κ2) is 6.77. The molecule has 4 atom stereocenters. The molecule has 0 aromatic heterocycles. The van der Waals surface area contributed by atoms with E-state index in [2.05, 4.69) is 13.2 Å². The number of hydrogen-bond acceptors (Lipinski definition) is 3.